The molecule has 4 aromatic heterocycles. The van der Waals surface area contributed by atoms with Crippen LogP contribution in [0.4, 0.5) is 11.9 Å². The van der Waals surface area contributed by atoms with Crippen LogP contribution >= 0.6 is 0 Å². The van der Waals surface area contributed by atoms with Gasteiger partial charge in [0.15, 0.2) is 5.65 Å². The van der Waals surface area contributed by atoms with Crippen LogP contribution in [0.1, 0.15) is 0 Å². The van der Waals surface area contributed by atoms with Gasteiger partial charge in [-0.3, -0.25) is 14.5 Å². The normalized spacial score (nSPS) is 11.0. The van der Waals surface area contributed by atoms with Crippen molar-refractivity contribution in [1.82, 2.24) is 29.5 Å². The number of nitrogens with zero attached hydrogens (tertiary/aromatic N) is 6. The molecule has 0 spiro atoms. The second-order valence-electron chi connectivity index (χ2n) is 4.86. The molecule has 0 atom stereocenters. The molecular formula is C15H12N8. The molecule has 4 heterocycles. The van der Waals surface area contributed by atoms with Crippen LogP contribution in [0, 0.1) is 0 Å². The lowest BCUT2D eigenvalue weighted by molar-refractivity contribution is 1.06. The molecule has 0 fully saturated rings. The van der Waals surface area contributed by atoms with E-state index >= 15 is 0 Å². The van der Waals surface area contributed by atoms with Crippen molar-refractivity contribution in [3.8, 4) is 16.9 Å². The Morgan fingerprint density at radius 3 is 2.35 bits per heavy atom. The number of hydrogen-bond acceptors (Lipinski definition) is 7. The van der Waals surface area contributed by atoms with Crippen molar-refractivity contribution in [2.45, 2.75) is 0 Å². The second kappa shape index (κ2) is 5.02. The first-order valence-electron chi connectivity index (χ1n) is 6.86. The van der Waals surface area contributed by atoms with Gasteiger partial charge in [0.25, 0.3) is 0 Å². The Hall–Kier alpha value is -3.55. The van der Waals surface area contributed by atoms with Gasteiger partial charge in [0.2, 0.25) is 11.9 Å². The average molecular weight is 304 g/mol. The van der Waals surface area contributed by atoms with E-state index in [0.717, 1.165) is 11.3 Å². The molecule has 23 heavy (non-hydrogen) atoms. The number of hydrogen-bond donors (Lipinski definition) is 2. The highest BCUT2D eigenvalue weighted by atomic mass is 15.2. The zero-order valence-corrected chi connectivity index (χ0v) is 12.0. The van der Waals surface area contributed by atoms with Gasteiger partial charge in [-0.1, -0.05) is 0 Å². The molecule has 0 saturated heterocycles. The molecule has 0 radical (unpaired) electrons. The van der Waals surface area contributed by atoms with Crippen molar-refractivity contribution in [2.75, 3.05) is 11.5 Å². The molecule has 8 nitrogen and oxygen atoms in total. The number of fused-ring (bicyclic) bond motifs is 1. The minimum atomic E-state index is 0.140. The fraction of sp³-hybridized carbons (Fsp3) is 0. The van der Waals surface area contributed by atoms with Gasteiger partial charge in [0.1, 0.15) is 11.2 Å². The molecular weight excluding hydrogens is 292 g/mol. The summed E-state index contributed by atoms with van der Waals surface area (Å²) < 4.78 is 1.69. The van der Waals surface area contributed by atoms with Gasteiger partial charge in [-0.25, -0.2) is 9.97 Å². The van der Waals surface area contributed by atoms with Crippen molar-refractivity contribution in [2.24, 2.45) is 0 Å². The van der Waals surface area contributed by atoms with Gasteiger partial charge in [-0.2, -0.15) is 4.98 Å². The molecule has 0 unspecified atom stereocenters. The lowest BCUT2D eigenvalue weighted by atomic mass is 10.2. The minimum Gasteiger partial charge on any atom is -0.369 e. The zero-order valence-electron chi connectivity index (χ0n) is 12.0. The molecule has 0 aliphatic rings. The number of aromatic nitrogens is 6. The topological polar surface area (TPSA) is 121 Å². The van der Waals surface area contributed by atoms with Crippen LogP contribution in [0.2, 0.25) is 0 Å². The Morgan fingerprint density at radius 1 is 0.870 bits per heavy atom. The van der Waals surface area contributed by atoms with E-state index < -0.39 is 0 Å². The third-order valence-electron chi connectivity index (χ3n) is 3.39. The maximum atomic E-state index is 6.08. The van der Waals surface area contributed by atoms with Gasteiger partial charge in [-0.05, 0) is 24.3 Å². The van der Waals surface area contributed by atoms with Crippen molar-refractivity contribution in [3.63, 3.8) is 0 Å². The summed E-state index contributed by atoms with van der Waals surface area (Å²) in [6.07, 6.45) is 6.75. The van der Waals surface area contributed by atoms with E-state index in [1.54, 1.807) is 29.4 Å². The van der Waals surface area contributed by atoms with E-state index in [1.165, 1.54) is 0 Å². The Labute approximate surface area is 130 Å². The number of pyridine rings is 2. The smallest absolute Gasteiger partial charge is 0.222 e. The van der Waals surface area contributed by atoms with Crippen LogP contribution in [0.5, 0.6) is 0 Å². The second-order valence-corrected chi connectivity index (χ2v) is 4.86. The summed E-state index contributed by atoms with van der Waals surface area (Å²) in [5.41, 5.74) is 15.2. The summed E-state index contributed by atoms with van der Waals surface area (Å²) in [5, 5.41) is 0. The molecule has 8 heteroatoms. The Kier molecular flexibility index (Phi) is 2.87. The fourth-order valence-corrected chi connectivity index (χ4v) is 2.44. The molecule has 4 rings (SSSR count). The highest BCUT2D eigenvalue weighted by Gasteiger charge is 2.18. The summed E-state index contributed by atoms with van der Waals surface area (Å²) in [6.45, 7) is 0. The highest BCUT2D eigenvalue weighted by Crippen LogP contribution is 2.29. The lowest BCUT2D eigenvalue weighted by Gasteiger charge is -2.06. The van der Waals surface area contributed by atoms with E-state index in [9.17, 15) is 0 Å². The SMILES string of the molecule is Nc1nc(-c2cccnc2)c2nc(N)n(-c3cccnc3)c2n1. The quantitative estimate of drug-likeness (QED) is 0.574. The van der Waals surface area contributed by atoms with Crippen LogP contribution in [0.25, 0.3) is 28.1 Å². The van der Waals surface area contributed by atoms with E-state index in [0.29, 0.717) is 16.9 Å². The Morgan fingerprint density at radius 2 is 1.65 bits per heavy atom. The molecule has 4 aromatic rings. The predicted octanol–water partition coefficient (Wildman–Crippen LogP) is 1.44. The minimum absolute atomic E-state index is 0.140. The van der Waals surface area contributed by atoms with Crippen LogP contribution < -0.4 is 11.5 Å². The van der Waals surface area contributed by atoms with Crippen molar-refractivity contribution >= 4 is 23.1 Å². The summed E-state index contributed by atoms with van der Waals surface area (Å²) in [6, 6.07) is 7.38. The van der Waals surface area contributed by atoms with Gasteiger partial charge >= 0.3 is 0 Å². The van der Waals surface area contributed by atoms with E-state index in [4.69, 9.17) is 11.5 Å². The first-order chi connectivity index (χ1) is 11.2. The third-order valence-corrected chi connectivity index (χ3v) is 3.39. The van der Waals surface area contributed by atoms with Crippen molar-refractivity contribution in [3.05, 3.63) is 49.1 Å². The summed E-state index contributed by atoms with van der Waals surface area (Å²) >= 11 is 0. The predicted molar refractivity (Wildman–Crippen MR) is 86.5 cm³/mol. The molecule has 0 bridgehead atoms. The average Bonchev–Trinajstić information content (AvgIpc) is 2.91. The number of anilines is 2. The number of imidazole rings is 1. The van der Waals surface area contributed by atoms with Crippen molar-refractivity contribution < 1.29 is 0 Å². The number of rotatable bonds is 2. The van der Waals surface area contributed by atoms with Gasteiger partial charge in [0.05, 0.1) is 11.9 Å². The maximum Gasteiger partial charge on any atom is 0.222 e. The largest absolute Gasteiger partial charge is 0.369 e. The summed E-state index contributed by atoms with van der Waals surface area (Å²) in [7, 11) is 0. The van der Waals surface area contributed by atoms with Crippen LogP contribution in [0.15, 0.2) is 49.1 Å². The number of nitrogen functional groups attached to an aromatic ring is 2. The molecule has 4 N–H and O–H groups in total. The first kappa shape index (κ1) is 13.1. The summed E-state index contributed by atoms with van der Waals surface area (Å²) in [4.78, 5) is 21.2. The standard InChI is InChI=1S/C15H12N8/c16-14-20-11(9-3-1-5-18-7-9)12-13(22-14)23(15(17)21-12)10-4-2-6-19-8-10/h1-8H,(H2,17,21)(H2,16,20,22). The maximum absolute atomic E-state index is 6.08. The number of nitrogens with two attached hydrogens (primary N) is 2. The molecule has 112 valence electrons. The Balaban J connectivity index is 2.06. The molecule has 0 aromatic carbocycles. The van der Waals surface area contributed by atoms with Crippen LogP contribution in [0.3, 0.4) is 0 Å². The van der Waals surface area contributed by atoms with Crippen LogP contribution in [-0.2, 0) is 0 Å². The van der Waals surface area contributed by atoms with Gasteiger partial charge < -0.3 is 11.5 Å². The molecule has 0 aliphatic heterocycles. The van der Waals surface area contributed by atoms with Crippen LogP contribution in [-0.4, -0.2) is 29.5 Å². The zero-order chi connectivity index (χ0) is 15.8. The van der Waals surface area contributed by atoms with E-state index in [1.807, 2.05) is 24.3 Å². The molecule has 0 saturated carbocycles. The highest BCUT2D eigenvalue weighted by molar-refractivity contribution is 5.90. The van der Waals surface area contributed by atoms with Gasteiger partial charge in [-0.15, -0.1) is 0 Å². The molecule has 0 amide bonds. The first-order valence-corrected chi connectivity index (χ1v) is 6.86. The Bertz CT molecular complexity index is 979. The van der Waals surface area contributed by atoms with Crippen molar-refractivity contribution in [1.29, 1.82) is 0 Å². The monoisotopic (exact) mass is 304 g/mol. The lowest BCUT2D eigenvalue weighted by Crippen LogP contribution is -2.03. The molecule has 0 aliphatic carbocycles. The fourth-order valence-electron chi connectivity index (χ4n) is 2.44. The van der Waals surface area contributed by atoms with Gasteiger partial charge in [0, 0.05) is 24.2 Å². The van der Waals surface area contributed by atoms with E-state index in [2.05, 4.69) is 24.9 Å². The third kappa shape index (κ3) is 2.13. The summed E-state index contributed by atoms with van der Waals surface area (Å²) in [5.74, 6) is 0.430. The van der Waals surface area contributed by atoms with E-state index in [-0.39, 0.29) is 11.9 Å².